The van der Waals surface area contributed by atoms with Crippen molar-refractivity contribution in [1.29, 1.82) is 0 Å². The number of carboxylic acid groups (broad SMARTS) is 1. The molecule has 1 aliphatic rings. The number of nitrogens with one attached hydrogen (secondary N) is 2. The third-order valence-electron chi connectivity index (χ3n) is 6.25. The predicted octanol–water partition coefficient (Wildman–Crippen LogP) is 5.18. The third kappa shape index (κ3) is 5.25. The van der Waals surface area contributed by atoms with Crippen LogP contribution in [-0.4, -0.2) is 38.5 Å². The molecule has 2 aromatic carbocycles. The molecule has 0 aliphatic carbocycles. The first-order valence-corrected chi connectivity index (χ1v) is 12.3. The summed E-state index contributed by atoms with van der Waals surface area (Å²) in [6, 6.07) is 20.4. The lowest BCUT2D eigenvalue weighted by molar-refractivity contribution is -0.116. The standard InChI is InChI=1S/C28H23FN4O4S/c29-17-8-10-18(11-9-17)31-24(34)14-16-33-26(25(32-28(33)38)21-7-3-4-15-30-21)23-13-12-22(37-23)19-5-1-2-6-20(19)27(35)36/h1-13,15,25-26H,14,16H2,(H,31,34)(H,32,38)(H,35,36)/t25-,26-/m1/s1. The fourth-order valence-corrected chi connectivity index (χ4v) is 4.81. The SMILES string of the molecule is O=C(CCN1C(=S)N[C@H](c2ccccn2)[C@H]1c1ccc(-c2ccccc2C(=O)O)o1)Nc1ccc(F)cc1. The molecule has 1 saturated heterocycles. The molecule has 0 saturated carbocycles. The Hall–Kier alpha value is -4.57. The molecule has 1 amide bonds. The number of carbonyl (C=O) groups is 2. The number of amides is 1. The van der Waals surface area contributed by atoms with Crippen LogP contribution in [0, 0.1) is 5.82 Å². The van der Waals surface area contributed by atoms with Crippen molar-refractivity contribution in [2.75, 3.05) is 11.9 Å². The Morgan fingerprint density at radius 3 is 2.55 bits per heavy atom. The maximum absolute atomic E-state index is 13.2. The zero-order chi connectivity index (χ0) is 26.6. The van der Waals surface area contributed by atoms with Gasteiger partial charge in [0.05, 0.1) is 17.3 Å². The zero-order valence-electron chi connectivity index (χ0n) is 20.0. The molecule has 1 aliphatic heterocycles. The van der Waals surface area contributed by atoms with Gasteiger partial charge in [-0.05, 0) is 66.8 Å². The summed E-state index contributed by atoms with van der Waals surface area (Å²) < 4.78 is 19.4. The molecule has 1 fully saturated rings. The van der Waals surface area contributed by atoms with Gasteiger partial charge in [-0.2, -0.15) is 0 Å². The zero-order valence-corrected chi connectivity index (χ0v) is 20.8. The lowest BCUT2D eigenvalue weighted by atomic mass is 10.0. The van der Waals surface area contributed by atoms with Gasteiger partial charge in [0.25, 0.3) is 0 Å². The molecular weight excluding hydrogens is 507 g/mol. The van der Waals surface area contributed by atoms with Crippen LogP contribution in [0.25, 0.3) is 11.3 Å². The fraction of sp³-hybridized carbons (Fsp3) is 0.143. The second-order valence-corrected chi connectivity index (χ2v) is 9.06. The van der Waals surface area contributed by atoms with Gasteiger partial charge in [0.2, 0.25) is 5.91 Å². The van der Waals surface area contributed by atoms with Crippen molar-refractivity contribution >= 4 is 34.9 Å². The largest absolute Gasteiger partial charge is 0.478 e. The number of rotatable bonds is 8. The normalized spacial score (nSPS) is 16.8. The fourth-order valence-electron chi connectivity index (χ4n) is 4.47. The summed E-state index contributed by atoms with van der Waals surface area (Å²) in [5.41, 5.74) is 1.82. The summed E-state index contributed by atoms with van der Waals surface area (Å²) in [6.07, 6.45) is 1.80. The Morgan fingerprint density at radius 2 is 1.82 bits per heavy atom. The van der Waals surface area contributed by atoms with Gasteiger partial charge in [-0.1, -0.05) is 24.3 Å². The molecule has 2 aromatic heterocycles. The van der Waals surface area contributed by atoms with Gasteiger partial charge in [-0.15, -0.1) is 0 Å². The van der Waals surface area contributed by atoms with Crippen molar-refractivity contribution in [2.45, 2.75) is 18.5 Å². The van der Waals surface area contributed by atoms with Gasteiger partial charge in [-0.3, -0.25) is 9.78 Å². The van der Waals surface area contributed by atoms with E-state index >= 15 is 0 Å². The molecule has 2 atom stereocenters. The van der Waals surface area contributed by atoms with Gasteiger partial charge < -0.3 is 25.1 Å². The first-order chi connectivity index (χ1) is 18.4. The molecule has 8 nitrogen and oxygen atoms in total. The number of nitrogens with zero attached hydrogens (tertiary/aromatic N) is 2. The maximum Gasteiger partial charge on any atom is 0.336 e. The van der Waals surface area contributed by atoms with E-state index in [1.807, 2.05) is 23.1 Å². The molecule has 4 aromatic rings. The second kappa shape index (κ2) is 10.8. The number of hydrogen-bond acceptors (Lipinski definition) is 5. The Kier molecular flexibility index (Phi) is 7.14. The molecule has 3 heterocycles. The van der Waals surface area contributed by atoms with E-state index in [2.05, 4.69) is 15.6 Å². The Morgan fingerprint density at radius 1 is 1.05 bits per heavy atom. The van der Waals surface area contributed by atoms with E-state index in [4.69, 9.17) is 16.6 Å². The Bertz CT molecular complexity index is 1480. The van der Waals surface area contributed by atoms with Gasteiger partial charge >= 0.3 is 5.97 Å². The minimum atomic E-state index is -1.05. The second-order valence-electron chi connectivity index (χ2n) is 8.68. The van der Waals surface area contributed by atoms with Crippen molar-refractivity contribution in [3.05, 3.63) is 108 Å². The van der Waals surface area contributed by atoms with Crippen molar-refractivity contribution < 1.29 is 23.5 Å². The van der Waals surface area contributed by atoms with Crippen LogP contribution in [-0.2, 0) is 4.79 Å². The van der Waals surface area contributed by atoms with Gasteiger partial charge in [-0.25, -0.2) is 9.18 Å². The number of halogens is 1. The van der Waals surface area contributed by atoms with Crippen LogP contribution >= 0.6 is 12.2 Å². The van der Waals surface area contributed by atoms with Crippen LogP contribution in [0.5, 0.6) is 0 Å². The number of aromatic nitrogens is 1. The summed E-state index contributed by atoms with van der Waals surface area (Å²) in [4.78, 5) is 30.8. The van der Waals surface area contributed by atoms with Crippen molar-refractivity contribution in [3.63, 3.8) is 0 Å². The molecule has 0 spiro atoms. The molecule has 38 heavy (non-hydrogen) atoms. The summed E-state index contributed by atoms with van der Waals surface area (Å²) >= 11 is 5.64. The maximum atomic E-state index is 13.2. The Balaban J connectivity index is 1.42. The lowest BCUT2D eigenvalue weighted by Crippen LogP contribution is -2.32. The van der Waals surface area contributed by atoms with Gasteiger partial charge in [0.15, 0.2) is 5.11 Å². The first kappa shape index (κ1) is 25.1. The van der Waals surface area contributed by atoms with Crippen LogP contribution < -0.4 is 10.6 Å². The third-order valence-corrected chi connectivity index (χ3v) is 6.60. The minimum Gasteiger partial charge on any atom is -0.478 e. The number of hydrogen-bond donors (Lipinski definition) is 3. The number of pyridine rings is 1. The van der Waals surface area contributed by atoms with E-state index in [-0.39, 0.29) is 36.3 Å². The Labute approximate surface area is 223 Å². The average molecular weight is 531 g/mol. The number of benzene rings is 2. The molecular formula is C28H23FN4O4S. The van der Waals surface area contributed by atoms with E-state index in [0.717, 1.165) is 5.69 Å². The van der Waals surface area contributed by atoms with E-state index in [1.165, 1.54) is 30.3 Å². The van der Waals surface area contributed by atoms with E-state index in [1.54, 1.807) is 36.5 Å². The summed E-state index contributed by atoms with van der Waals surface area (Å²) in [7, 11) is 0. The number of furan rings is 1. The highest BCUT2D eigenvalue weighted by atomic mass is 32.1. The molecule has 0 bridgehead atoms. The smallest absolute Gasteiger partial charge is 0.336 e. The van der Waals surface area contributed by atoms with Crippen molar-refractivity contribution in [3.8, 4) is 11.3 Å². The monoisotopic (exact) mass is 530 g/mol. The summed E-state index contributed by atoms with van der Waals surface area (Å²) in [6.45, 7) is 0.272. The molecule has 0 radical (unpaired) electrons. The van der Waals surface area contributed by atoms with Crippen molar-refractivity contribution in [1.82, 2.24) is 15.2 Å². The molecule has 0 unspecified atom stereocenters. The quantitative estimate of drug-likeness (QED) is 0.268. The summed E-state index contributed by atoms with van der Waals surface area (Å²) in [5, 5.41) is 16.1. The highest BCUT2D eigenvalue weighted by Crippen LogP contribution is 2.40. The predicted molar refractivity (Wildman–Crippen MR) is 143 cm³/mol. The molecule has 3 N–H and O–H groups in total. The molecule has 5 rings (SSSR count). The number of aromatic carboxylic acids is 1. The highest BCUT2D eigenvalue weighted by Gasteiger charge is 2.41. The number of thiocarbonyl (C=S) groups is 1. The number of carboxylic acids is 1. The van der Waals surface area contributed by atoms with Crippen molar-refractivity contribution in [2.24, 2.45) is 0 Å². The van der Waals surface area contributed by atoms with Gasteiger partial charge in [0.1, 0.15) is 23.4 Å². The number of anilines is 1. The van der Waals surface area contributed by atoms with Crippen LogP contribution in [0.4, 0.5) is 10.1 Å². The summed E-state index contributed by atoms with van der Waals surface area (Å²) in [5.74, 6) is -0.743. The highest BCUT2D eigenvalue weighted by molar-refractivity contribution is 7.80. The van der Waals surface area contributed by atoms with Crippen LogP contribution in [0.2, 0.25) is 0 Å². The van der Waals surface area contributed by atoms with E-state index in [0.29, 0.717) is 27.9 Å². The first-order valence-electron chi connectivity index (χ1n) is 11.9. The molecule has 192 valence electrons. The topological polar surface area (TPSA) is 108 Å². The van der Waals surface area contributed by atoms with E-state index < -0.39 is 12.0 Å². The van der Waals surface area contributed by atoms with E-state index in [9.17, 15) is 19.1 Å². The van der Waals surface area contributed by atoms with Crippen LogP contribution in [0.3, 0.4) is 0 Å². The average Bonchev–Trinajstić information content (AvgIpc) is 3.53. The number of carbonyl (C=O) groups excluding carboxylic acids is 1. The van der Waals surface area contributed by atoms with Gasteiger partial charge in [0, 0.05) is 30.4 Å². The lowest BCUT2D eigenvalue weighted by Gasteiger charge is -2.25. The molecule has 10 heteroatoms. The minimum absolute atomic E-state index is 0.111. The van der Waals surface area contributed by atoms with Crippen LogP contribution in [0.1, 0.15) is 40.3 Å². The van der Waals surface area contributed by atoms with Crippen LogP contribution in [0.15, 0.2) is 89.5 Å².